The largest absolute Gasteiger partial charge is 0.366 e. The molecule has 21 heavy (non-hydrogen) atoms. The minimum atomic E-state index is -3.72. The van der Waals surface area contributed by atoms with Gasteiger partial charge in [0, 0.05) is 31.0 Å². The average Bonchev–Trinajstić information content (AvgIpc) is 2.45. The number of nitrogens with one attached hydrogen (secondary N) is 2. The van der Waals surface area contributed by atoms with E-state index in [-0.39, 0.29) is 4.90 Å². The van der Waals surface area contributed by atoms with Crippen LogP contribution in [0.4, 0.5) is 0 Å². The lowest BCUT2D eigenvalue weighted by atomic mass is 10.0. The standard InChI is InChI=1S/C14H23N3O3S/c1-12-5-2-3-9-17(12)10-4-7-16-21(19,20)14-11-15-8-6-13(14)18/h6,8,11-12,16H,2-5,7,9-10H2,1H3,(H,15,18). The van der Waals surface area contributed by atoms with Crippen LogP contribution in [0.25, 0.3) is 0 Å². The molecule has 0 aromatic carbocycles. The Hall–Kier alpha value is -1.18. The monoisotopic (exact) mass is 313 g/mol. The van der Waals surface area contributed by atoms with Crippen LogP contribution in [-0.4, -0.2) is 44.0 Å². The maximum Gasteiger partial charge on any atom is 0.245 e. The predicted molar refractivity (Wildman–Crippen MR) is 81.8 cm³/mol. The first-order valence-corrected chi connectivity index (χ1v) is 8.90. The van der Waals surface area contributed by atoms with Gasteiger partial charge in [0.15, 0.2) is 0 Å². The number of nitrogens with zero attached hydrogens (tertiary/aromatic N) is 1. The zero-order chi connectivity index (χ0) is 15.3. The van der Waals surface area contributed by atoms with Crippen LogP contribution in [0, 0.1) is 0 Å². The predicted octanol–water partition coefficient (Wildman–Crippen LogP) is 0.918. The number of pyridine rings is 1. The number of sulfonamides is 1. The summed E-state index contributed by atoms with van der Waals surface area (Å²) in [5, 5.41) is 0. The van der Waals surface area contributed by atoms with Gasteiger partial charge in [-0.1, -0.05) is 6.42 Å². The highest BCUT2D eigenvalue weighted by molar-refractivity contribution is 7.89. The van der Waals surface area contributed by atoms with Crippen LogP contribution in [0.2, 0.25) is 0 Å². The fourth-order valence-electron chi connectivity index (χ4n) is 2.67. The summed E-state index contributed by atoms with van der Waals surface area (Å²) in [5.41, 5.74) is -0.495. The third-order valence-corrected chi connectivity index (χ3v) is 5.41. The van der Waals surface area contributed by atoms with Crippen molar-refractivity contribution >= 4 is 10.0 Å². The van der Waals surface area contributed by atoms with Crippen LogP contribution in [0.1, 0.15) is 32.6 Å². The summed E-state index contributed by atoms with van der Waals surface area (Å²) in [6, 6.07) is 1.79. The molecule has 2 rings (SSSR count). The SMILES string of the molecule is CC1CCCCN1CCCNS(=O)(=O)c1c[nH]ccc1=O. The molecule has 7 heteroatoms. The number of aromatic amines is 1. The van der Waals surface area contributed by atoms with E-state index in [2.05, 4.69) is 21.5 Å². The van der Waals surface area contributed by atoms with Crippen molar-refractivity contribution in [3.8, 4) is 0 Å². The fraction of sp³-hybridized carbons (Fsp3) is 0.643. The van der Waals surface area contributed by atoms with Crippen LogP contribution in [0.3, 0.4) is 0 Å². The quantitative estimate of drug-likeness (QED) is 0.765. The van der Waals surface area contributed by atoms with Crippen LogP contribution < -0.4 is 10.2 Å². The highest BCUT2D eigenvalue weighted by Gasteiger charge is 2.19. The number of hydrogen-bond acceptors (Lipinski definition) is 4. The number of hydrogen-bond donors (Lipinski definition) is 2. The van der Waals surface area contributed by atoms with Crippen LogP contribution in [0.5, 0.6) is 0 Å². The summed E-state index contributed by atoms with van der Waals surface area (Å²) in [6.45, 7) is 4.54. The first-order chi connectivity index (χ1) is 10.0. The summed E-state index contributed by atoms with van der Waals surface area (Å²) in [4.78, 5) is 16.3. The van der Waals surface area contributed by atoms with E-state index in [1.165, 1.54) is 37.7 Å². The van der Waals surface area contributed by atoms with E-state index >= 15 is 0 Å². The van der Waals surface area contributed by atoms with Gasteiger partial charge in [-0.15, -0.1) is 0 Å². The maximum atomic E-state index is 12.0. The van der Waals surface area contributed by atoms with Gasteiger partial charge in [-0.3, -0.25) is 4.79 Å². The zero-order valence-corrected chi connectivity index (χ0v) is 13.2. The van der Waals surface area contributed by atoms with Gasteiger partial charge < -0.3 is 9.88 Å². The highest BCUT2D eigenvalue weighted by Crippen LogP contribution is 2.16. The number of likely N-dealkylation sites (tertiary alicyclic amines) is 1. The van der Waals surface area contributed by atoms with Crippen molar-refractivity contribution in [3.05, 3.63) is 28.7 Å². The Morgan fingerprint density at radius 3 is 2.95 bits per heavy atom. The van der Waals surface area contributed by atoms with Crippen molar-refractivity contribution in [2.24, 2.45) is 0 Å². The van der Waals surface area contributed by atoms with Crippen LogP contribution in [-0.2, 0) is 10.0 Å². The smallest absolute Gasteiger partial charge is 0.245 e. The molecule has 1 fully saturated rings. The topological polar surface area (TPSA) is 82.3 Å². The molecule has 0 saturated carbocycles. The van der Waals surface area contributed by atoms with E-state index in [1.54, 1.807) is 0 Å². The van der Waals surface area contributed by atoms with Gasteiger partial charge in [0.25, 0.3) is 0 Å². The van der Waals surface area contributed by atoms with Crippen LogP contribution in [0.15, 0.2) is 28.2 Å². The summed E-state index contributed by atoms with van der Waals surface area (Å²) < 4.78 is 26.5. The molecule has 1 aromatic rings. The lowest BCUT2D eigenvalue weighted by Crippen LogP contribution is -2.39. The molecule has 0 radical (unpaired) electrons. The molecule has 1 aliphatic rings. The Morgan fingerprint density at radius 1 is 1.43 bits per heavy atom. The Labute approximate surface area is 125 Å². The number of H-pyrrole nitrogens is 1. The third kappa shape index (κ3) is 4.39. The number of piperidine rings is 1. The minimum Gasteiger partial charge on any atom is -0.366 e. The Balaban J connectivity index is 1.83. The van der Waals surface area contributed by atoms with Crippen molar-refractivity contribution in [2.45, 2.75) is 43.5 Å². The Bertz CT molecular complexity index is 612. The first-order valence-electron chi connectivity index (χ1n) is 7.41. The summed E-state index contributed by atoms with van der Waals surface area (Å²) in [5.74, 6) is 0. The molecule has 2 heterocycles. The minimum absolute atomic E-state index is 0.226. The molecular formula is C14H23N3O3S. The summed E-state index contributed by atoms with van der Waals surface area (Å²) in [7, 11) is -3.72. The van der Waals surface area contributed by atoms with Gasteiger partial charge >= 0.3 is 0 Å². The molecular weight excluding hydrogens is 290 g/mol. The molecule has 1 saturated heterocycles. The van der Waals surface area contributed by atoms with Gasteiger partial charge in [0.05, 0.1) is 0 Å². The molecule has 1 unspecified atom stereocenters. The number of rotatable bonds is 6. The van der Waals surface area contributed by atoms with Crippen molar-refractivity contribution in [2.75, 3.05) is 19.6 Å². The van der Waals surface area contributed by atoms with E-state index in [0.29, 0.717) is 12.6 Å². The van der Waals surface area contributed by atoms with E-state index in [1.807, 2.05) is 0 Å². The molecule has 118 valence electrons. The van der Waals surface area contributed by atoms with Crippen LogP contribution >= 0.6 is 0 Å². The summed E-state index contributed by atoms with van der Waals surface area (Å²) in [6.07, 6.45) is 7.09. The second kappa shape index (κ2) is 7.20. The highest BCUT2D eigenvalue weighted by atomic mass is 32.2. The molecule has 1 aliphatic heterocycles. The van der Waals surface area contributed by atoms with Gasteiger partial charge in [-0.25, -0.2) is 13.1 Å². The second-order valence-corrected chi connectivity index (χ2v) is 7.24. The van der Waals surface area contributed by atoms with Crippen molar-refractivity contribution in [1.82, 2.24) is 14.6 Å². The van der Waals surface area contributed by atoms with Crippen molar-refractivity contribution in [3.63, 3.8) is 0 Å². The molecule has 1 atom stereocenters. The van der Waals surface area contributed by atoms with Crippen molar-refractivity contribution in [1.29, 1.82) is 0 Å². The lowest BCUT2D eigenvalue weighted by Gasteiger charge is -2.33. The van der Waals surface area contributed by atoms with E-state index < -0.39 is 15.5 Å². The lowest BCUT2D eigenvalue weighted by molar-refractivity contribution is 0.159. The van der Waals surface area contributed by atoms with Crippen molar-refractivity contribution < 1.29 is 8.42 Å². The Kier molecular flexibility index (Phi) is 5.55. The molecule has 0 spiro atoms. The fourth-order valence-corrected chi connectivity index (χ4v) is 3.79. The number of aromatic nitrogens is 1. The zero-order valence-electron chi connectivity index (χ0n) is 12.3. The normalized spacial score (nSPS) is 20.5. The van der Waals surface area contributed by atoms with Gasteiger partial charge in [-0.2, -0.15) is 0 Å². The first kappa shape index (κ1) is 16.2. The molecule has 2 N–H and O–H groups in total. The summed E-state index contributed by atoms with van der Waals surface area (Å²) >= 11 is 0. The van der Waals surface area contributed by atoms with E-state index in [0.717, 1.165) is 19.5 Å². The molecule has 0 amide bonds. The van der Waals surface area contributed by atoms with Gasteiger partial charge in [0.1, 0.15) is 4.90 Å². The Morgan fingerprint density at radius 2 is 2.24 bits per heavy atom. The maximum absolute atomic E-state index is 12.0. The molecule has 0 bridgehead atoms. The van der Waals surface area contributed by atoms with Gasteiger partial charge in [0.2, 0.25) is 15.5 Å². The van der Waals surface area contributed by atoms with Gasteiger partial charge in [-0.05, 0) is 39.3 Å². The molecule has 1 aromatic heterocycles. The second-order valence-electron chi connectivity index (χ2n) is 5.50. The molecule has 0 aliphatic carbocycles. The van der Waals surface area contributed by atoms with E-state index in [9.17, 15) is 13.2 Å². The average molecular weight is 313 g/mol. The molecule has 6 nitrogen and oxygen atoms in total. The third-order valence-electron chi connectivity index (χ3n) is 3.93. The van der Waals surface area contributed by atoms with E-state index in [4.69, 9.17) is 0 Å².